The third-order valence-electron chi connectivity index (χ3n) is 36.3. The molecule has 28 heteroatoms. The molecule has 28 nitrogen and oxygen atoms in total. The van der Waals surface area contributed by atoms with E-state index in [0.717, 1.165) is 183 Å². The quantitative estimate of drug-likeness (QED) is 0.0638. The zero-order valence-corrected chi connectivity index (χ0v) is 82.6. The SMILES string of the molecule is CN[C@@H]1C[C@H]2O[C@@](C)([C@@H]1C)n1c3ccccc3c3c4c(c5c6ccccc6n2c5c31)C(=O)CC4.COC(=O)[C@@]1(O)C[C@H]2O[C@]1(C)n1c3ccccc3c3c4c(c5c6ccccc6n2c5c31)C(=O)CC4.COC1C(N(C)C(=O)c2ccccc2)C[C@H]2O[C@]1(C)n1c3ccccc3c3c4c(c5c6ccccc6n2c5c31)C(=O)CC4.CO[C@@H]1[C@H](NO)C[C@H]2O[C@]1(O)n1c3ccccc3c3c4c(c5c6ccccc6n2c5c31)C(=O)CC4O. The maximum Gasteiger partial charge on any atom is 0.343 e. The number of nitrogens with one attached hydrogen (secondary N) is 2. The van der Waals surface area contributed by atoms with Crippen LogP contribution in [0.4, 0.5) is 0 Å². The van der Waals surface area contributed by atoms with E-state index < -0.39 is 77.7 Å². The van der Waals surface area contributed by atoms with Gasteiger partial charge in [0.15, 0.2) is 34.6 Å². The Balaban J connectivity index is 0.0000000914. The molecule has 4 fully saturated rings. The molecule has 13 aromatic carbocycles. The Morgan fingerprint density at radius 1 is 0.399 bits per heavy atom. The molecular formula is C120H103N11O17. The second kappa shape index (κ2) is 30.6. The molecule has 16 heterocycles. The average molecular weight is 1970 g/mol. The lowest BCUT2D eigenvalue weighted by Gasteiger charge is -2.50. The van der Waals surface area contributed by atoms with Crippen LogP contribution in [0, 0.1) is 5.92 Å². The molecule has 4 saturated heterocycles. The van der Waals surface area contributed by atoms with E-state index >= 15 is 0 Å². The minimum absolute atomic E-state index is 0.0178. The smallest absolute Gasteiger partial charge is 0.343 e. The molecule has 0 spiro atoms. The molecule has 33 rings (SSSR count). The van der Waals surface area contributed by atoms with Gasteiger partial charge in [0.1, 0.15) is 42.8 Å². The van der Waals surface area contributed by atoms with Crippen LogP contribution >= 0.6 is 0 Å². The fraction of sp³-hybridized carbons (Fsp3) is 0.300. The number of ether oxygens (including phenoxy) is 7. The molecule has 740 valence electrons. The van der Waals surface area contributed by atoms with Crippen molar-refractivity contribution in [2.24, 2.45) is 5.92 Å². The number of rotatable bonds is 7. The highest BCUT2D eigenvalue weighted by Crippen LogP contribution is 2.64. The Kier molecular flexibility index (Phi) is 18.3. The van der Waals surface area contributed by atoms with E-state index in [9.17, 15) is 49.3 Å². The summed E-state index contributed by atoms with van der Waals surface area (Å²) in [6, 6.07) is 74.1. The first-order chi connectivity index (χ1) is 71.9. The third-order valence-corrected chi connectivity index (χ3v) is 36.3. The predicted molar refractivity (Wildman–Crippen MR) is 563 cm³/mol. The van der Waals surface area contributed by atoms with Gasteiger partial charge in [0.2, 0.25) is 5.60 Å². The molecule has 12 aliphatic rings. The number of aliphatic hydroxyl groups excluding tert-OH is 1. The van der Waals surface area contributed by atoms with Crippen LogP contribution in [0.2, 0.25) is 0 Å². The number of hydrogen-bond acceptors (Lipinski definition) is 19. The number of aliphatic hydroxyl groups is 3. The van der Waals surface area contributed by atoms with Crippen molar-refractivity contribution in [3.63, 3.8) is 0 Å². The Bertz CT molecular complexity index is 9710. The number of para-hydroxylation sites is 8. The summed E-state index contributed by atoms with van der Waals surface area (Å²) in [7, 11) is 8.42. The number of methoxy groups -OCH3 is 3. The predicted octanol–water partition coefficient (Wildman–Crippen LogP) is 20.6. The van der Waals surface area contributed by atoms with Gasteiger partial charge in [-0.05, 0) is 124 Å². The van der Waals surface area contributed by atoms with Crippen LogP contribution in [0.3, 0.4) is 0 Å². The number of Topliss-reactive ketones (excluding diaryl/α,β-unsaturated/α-hetero) is 4. The summed E-state index contributed by atoms with van der Waals surface area (Å²) in [5, 5.41) is 65.3. The highest BCUT2D eigenvalue weighted by molar-refractivity contribution is 6.36. The lowest BCUT2D eigenvalue weighted by molar-refractivity contribution is -0.372. The number of carbonyl (C=O) groups excluding carboxylic acids is 6. The second-order valence-electron chi connectivity index (χ2n) is 42.9. The fourth-order valence-electron chi connectivity index (χ4n) is 30.3. The van der Waals surface area contributed by atoms with Gasteiger partial charge in [-0.2, -0.15) is 5.48 Å². The minimum atomic E-state index is -1.99. The van der Waals surface area contributed by atoms with Crippen molar-refractivity contribution in [1.29, 1.82) is 0 Å². The van der Waals surface area contributed by atoms with Crippen molar-refractivity contribution in [3.8, 4) is 0 Å². The van der Waals surface area contributed by atoms with Gasteiger partial charge in [0.05, 0.1) is 114 Å². The molecule has 8 aliphatic heterocycles. The van der Waals surface area contributed by atoms with Gasteiger partial charge in [0.25, 0.3) is 11.8 Å². The van der Waals surface area contributed by atoms with Gasteiger partial charge >= 0.3 is 5.97 Å². The maximum absolute atomic E-state index is 13.9. The molecule has 16 atom stereocenters. The summed E-state index contributed by atoms with van der Waals surface area (Å²) in [6.45, 7) is 8.45. The van der Waals surface area contributed by atoms with Crippen LogP contribution in [-0.4, -0.2) is 168 Å². The van der Waals surface area contributed by atoms with Crippen LogP contribution in [0.5, 0.6) is 0 Å². The molecule has 8 bridgehead atoms. The molecule has 0 saturated carbocycles. The van der Waals surface area contributed by atoms with Crippen LogP contribution in [0.1, 0.15) is 184 Å². The number of fused-ring (bicyclic) bond motifs is 52. The number of aromatic nitrogens is 8. The first kappa shape index (κ1) is 88.7. The Morgan fingerprint density at radius 3 is 1.21 bits per heavy atom. The van der Waals surface area contributed by atoms with Gasteiger partial charge in [0, 0.05) is 204 Å². The minimum Gasteiger partial charge on any atom is -0.467 e. The van der Waals surface area contributed by atoms with Crippen LogP contribution in [-0.2, 0) is 80.3 Å². The summed E-state index contributed by atoms with van der Waals surface area (Å²) < 4.78 is 62.1. The van der Waals surface area contributed by atoms with E-state index in [1.807, 2.05) is 161 Å². The maximum atomic E-state index is 13.9. The number of carbonyl (C=O) groups is 6. The van der Waals surface area contributed by atoms with Crippen molar-refractivity contribution in [3.05, 3.63) is 275 Å². The molecule has 6 N–H and O–H groups in total. The number of amides is 1. The molecule has 3 unspecified atom stereocenters. The average Bonchev–Trinajstić information content (AvgIpc) is 1.41. The lowest BCUT2D eigenvalue weighted by atomic mass is 9.85. The molecule has 0 radical (unpaired) electrons. The van der Waals surface area contributed by atoms with Gasteiger partial charge < -0.3 is 95.9 Å². The van der Waals surface area contributed by atoms with E-state index in [1.165, 1.54) is 47.1 Å². The zero-order chi connectivity index (χ0) is 100. The Hall–Kier alpha value is -14.6. The van der Waals surface area contributed by atoms with Crippen LogP contribution in [0.15, 0.2) is 224 Å². The second-order valence-corrected chi connectivity index (χ2v) is 42.9. The summed E-state index contributed by atoms with van der Waals surface area (Å²) in [6.07, 6.45) is 1.38. The van der Waals surface area contributed by atoms with Gasteiger partial charge in [-0.15, -0.1) is 0 Å². The molecule has 4 aliphatic carbocycles. The van der Waals surface area contributed by atoms with Crippen LogP contribution in [0.25, 0.3) is 174 Å². The number of benzene rings is 13. The first-order valence-corrected chi connectivity index (χ1v) is 51.4. The summed E-state index contributed by atoms with van der Waals surface area (Å²) in [4.78, 5) is 82.7. The van der Waals surface area contributed by atoms with Gasteiger partial charge in [-0.25, -0.2) is 4.79 Å². The normalized spacial score (nSPS) is 27.0. The summed E-state index contributed by atoms with van der Waals surface area (Å²) in [5.41, 5.74) is 20.7. The number of nitrogens with zero attached hydrogens (tertiary/aromatic N) is 9. The number of hydrogen-bond donors (Lipinski definition) is 6. The van der Waals surface area contributed by atoms with Crippen molar-refractivity contribution < 1.29 is 82.5 Å². The van der Waals surface area contributed by atoms with Gasteiger partial charge in [-0.1, -0.05) is 171 Å². The molecule has 1 amide bonds. The van der Waals surface area contributed by atoms with Crippen molar-refractivity contribution in [2.75, 3.05) is 35.4 Å². The molecule has 148 heavy (non-hydrogen) atoms. The van der Waals surface area contributed by atoms with Crippen LogP contribution < -0.4 is 10.8 Å². The fourth-order valence-corrected chi connectivity index (χ4v) is 30.3. The zero-order valence-electron chi connectivity index (χ0n) is 82.6. The summed E-state index contributed by atoms with van der Waals surface area (Å²) in [5.74, 6) is -1.97. The Labute approximate surface area is 843 Å². The topological polar surface area (TPSA) is 315 Å². The number of likely N-dealkylation sites (N-methyl/N-ethyl adjacent to an activating group) is 1. The third kappa shape index (κ3) is 10.7. The highest BCUT2D eigenvalue weighted by Gasteiger charge is 2.67. The number of esters is 1. The monoisotopic (exact) mass is 1970 g/mol. The summed E-state index contributed by atoms with van der Waals surface area (Å²) >= 11 is 0. The van der Waals surface area contributed by atoms with Gasteiger partial charge in [-0.3, -0.25) is 28.5 Å². The van der Waals surface area contributed by atoms with E-state index in [1.54, 1.807) is 18.6 Å². The number of hydroxylamine groups is 1. The highest BCUT2D eigenvalue weighted by atomic mass is 16.7. The largest absolute Gasteiger partial charge is 0.467 e. The molecular weight excluding hydrogens is 1870 g/mol. The van der Waals surface area contributed by atoms with Crippen molar-refractivity contribution in [1.82, 2.24) is 52.2 Å². The Morgan fingerprint density at radius 2 is 0.764 bits per heavy atom. The van der Waals surface area contributed by atoms with E-state index in [-0.39, 0.29) is 60.1 Å². The molecule has 8 aromatic heterocycles. The number of ketones is 4. The first-order valence-electron chi connectivity index (χ1n) is 51.4. The van der Waals surface area contributed by atoms with E-state index in [4.69, 9.17) is 33.2 Å². The number of aryl methyl sites for hydroxylation is 3. The van der Waals surface area contributed by atoms with E-state index in [2.05, 4.69) is 146 Å². The lowest BCUT2D eigenvalue weighted by Crippen LogP contribution is -2.61. The molecule has 21 aromatic rings. The van der Waals surface area contributed by atoms with Crippen molar-refractivity contribution in [2.45, 2.75) is 188 Å². The van der Waals surface area contributed by atoms with Crippen molar-refractivity contribution >= 4 is 209 Å². The van der Waals surface area contributed by atoms with E-state index in [0.29, 0.717) is 72.3 Å². The standard InChI is InChI=1S/C36H31N3O4.C29H27N3O2.C28H22N2O5.C27H23N3O6/c1-36-34(42-3)26(37(2)35(41)20-11-5-4-6-12-20)19-28(43-36)38-24-15-9-7-13-21(24)31-30-23(17-18-27(30)40)29-22-14-8-10-16-25(22)39(36)33(29)32(31)38;1-15-19(30-3)14-23-31-20-10-6-4-8-16(20)26-25-18(12-13-22(25)33)24-17-9-5-7-11-21(17)32(28(24)27(26)31)29(15,2)34-23;1-27-28(33,26(32)34-2)13-20(35-27)29-17-9-5-3-7-14(17)23-22-16(11-12-19(22)31)21-15-8-4-6-10-18(15)30(27)25(21)24(23)29;1-35-26-14(28-34)10-19-29-15-8-4-2-6-12(15)20-22-17(31)11-18(32)23(22)21-13-7-3-5-9-16(13)30(25(21)24(20)29)27(26,33)36-19/h4-16,26,28,34H,17-19H2,1-3H3;4-11,15,19,23,30H,12-14H2,1-3H3;3-10,20,33H,11-13H2,1-2H3;2-9,14,18-19,26,28,32-34H,10-11H2,1H3/t26?,28-,34?,36+;15-,19-,23-,29+;20-,27+,28+;14-,18?,19-,26-,27+/m1111/s1.